The first-order chi connectivity index (χ1) is 11.3. The Morgan fingerprint density at radius 3 is 2.38 bits per heavy atom. The molecule has 0 saturated carbocycles. The van der Waals surface area contributed by atoms with Crippen molar-refractivity contribution in [2.45, 2.75) is 30.8 Å². The third-order valence-corrected chi connectivity index (χ3v) is 5.40. The van der Waals surface area contributed by atoms with Gasteiger partial charge in [-0.05, 0) is 37.6 Å². The fourth-order valence-electron chi connectivity index (χ4n) is 2.63. The molecule has 1 N–H and O–H groups in total. The number of nitrogens with zero attached hydrogens (tertiary/aromatic N) is 1. The largest absolute Gasteiger partial charge is 0.478 e. The van der Waals surface area contributed by atoms with Crippen LogP contribution in [0.3, 0.4) is 0 Å². The van der Waals surface area contributed by atoms with Gasteiger partial charge in [0.2, 0.25) is 5.78 Å². The fraction of sp³-hybridized carbons (Fsp3) is 0.294. The number of nitrogens with one attached hydrogen (secondary N) is 1. The maximum absolute atomic E-state index is 12.8. The zero-order valence-electron chi connectivity index (χ0n) is 13.7. The number of rotatable bonds is 4. The van der Waals surface area contributed by atoms with Crippen LogP contribution in [0.4, 0.5) is 0 Å². The monoisotopic (exact) mass is 346 g/mol. The summed E-state index contributed by atoms with van der Waals surface area (Å²) in [5.41, 5.74) is 0.834. The van der Waals surface area contributed by atoms with Crippen LogP contribution in [0.25, 0.3) is 11.3 Å². The van der Waals surface area contributed by atoms with Gasteiger partial charge in [0.1, 0.15) is 5.76 Å². The standard InChI is InChI=1S/C17H18N2O4S/c1-4-17(2)16(20)14(12-9-18-19-10-12)15(23-17)11-5-7-13(8-6-11)24(3,21)22/h5-10H,4H2,1-3H3,(H,18,19). The molecule has 0 radical (unpaired) electrons. The van der Waals surface area contributed by atoms with E-state index in [2.05, 4.69) is 10.2 Å². The number of hydrogen-bond donors (Lipinski definition) is 1. The molecule has 1 aliphatic rings. The van der Waals surface area contributed by atoms with E-state index >= 15 is 0 Å². The highest BCUT2D eigenvalue weighted by atomic mass is 32.2. The van der Waals surface area contributed by atoms with Gasteiger partial charge in [0, 0.05) is 23.6 Å². The lowest BCUT2D eigenvalue weighted by Gasteiger charge is -2.21. The van der Waals surface area contributed by atoms with E-state index in [1.54, 1.807) is 31.5 Å². The summed E-state index contributed by atoms with van der Waals surface area (Å²) in [5, 5.41) is 6.61. The summed E-state index contributed by atoms with van der Waals surface area (Å²) in [6.45, 7) is 3.65. The Labute approximate surface area is 140 Å². The SMILES string of the molecule is CCC1(C)OC(c2ccc(S(C)(=O)=O)cc2)=C(c2cn[nH]c2)C1=O. The molecule has 0 aliphatic carbocycles. The number of H-pyrrole nitrogens is 1. The highest BCUT2D eigenvalue weighted by Crippen LogP contribution is 2.42. The second kappa shape index (κ2) is 5.59. The molecule has 7 heteroatoms. The highest BCUT2D eigenvalue weighted by molar-refractivity contribution is 7.90. The molecule has 0 fully saturated rings. The first-order valence-corrected chi connectivity index (χ1v) is 9.43. The van der Waals surface area contributed by atoms with Crippen LogP contribution in [0, 0.1) is 0 Å². The van der Waals surface area contributed by atoms with Crippen LogP contribution in [0.2, 0.25) is 0 Å². The Kier molecular flexibility index (Phi) is 3.83. The van der Waals surface area contributed by atoms with Crippen LogP contribution in [-0.4, -0.2) is 36.3 Å². The molecule has 0 bridgehead atoms. The van der Waals surface area contributed by atoms with Crippen LogP contribution < -0.4 is 0 Å². The molecule has 1 atom stereocenters. The van der Waals surface area contributed by atoms with Crippen LogP contribution in [0.5, 0.6) is 0 Å². The molecule has 1 aromatic carbocycles. The maximum Gasteiger partial charge on any atom is 0.210 e. The molecule has 1 aromatic heterocycles. The number of carbonyl (C=O) groups excluding carboxylic acids is 1. The van der Waals surface area contributed by atoms with E-state index < -0.39 is 15.4 Å². The Morgan fingerprint density at radius 2 is 1.88 bits per heavy atom. The first kappa shape index (κ1) is 16.4. The van der Waals surface area contributed by atoms with Gasteiger partial charge in [-0.1, -0.05) is 6.92 Å². The van der Waals surface area contributed by atoms with Gasteiger partial charge >= 0.3 is 0 Å². The van der Waals surface area contributed by atoms with Crippen LogP contribution in [-0.2, 0) is 19.4 Å². The number of Topliss-reactive ketones (excluding diaryl/α,β-unsaturated/α-hetero) is 1. The number of benzene rings is 1. The van der Waals surface area contributed by atoms with E-state index in [0.717, 1.165) is 6.26 Å². The van der Waals surface area contributed by atoms with E-state index in [4.69, 9.17) is 4.74 Å². The summed E-state index contributed by atoms with van der Waals surface area (Å²) >= 11 is 0. The first-order valence-electron chi connectivity index (χ1n) is 7.54. The van der Waals surface area contributed by atoms with Gasteiger partial charge in [-0.3, -0.25) is 9.89 Å². The van der Waals surface area contributed by atoms with E-state index in [-0.39, 0.29) is 10.7 Å². The minimum atomic E-state index is -3.28. The zero-order valence-corrected chi connectivity index (χ0v) is 14.5. The Balaban J connectivity index is 2.13. The lowest BCUT2D eigenvalue weighted by molar-refractivity contribution is -0.126. The summed E-state index contributed by atoms with van der Waals surface area (Å²) in [4.78, 5) is 13.1. The molecular weight excluding hydrogens is 328 g/mol. The van der Waals surface area contributed by atoms with Gasteiger partial charge in [0.05, 0.1) is 16.7 Å². The van der Waals surface area contributed by atoms with Gasteiger partial charge < -0.3 is 4.74 Å². The average Bonchev–Trinajstić information content (AvgIpc) is 3.15. The van der Waals surface area contributed by atoms with E-state index in [0.29, 0.717) is 28.9 Å². The highest BCUT2D eigenvalue weighted by Gasteiger charge is 2.45. The molecule has 2 aromatic rings. The molecule has 6 nitrogen and oxygen atoms in total. The molecule has 126 valence electrons. The lowest BCUT2D eigenvalue weighted by atomic mass is 9.91. The number of ketones is 1. The Hall–Kier alpha value is -2.41. The number of ether oxygens (including phenoxy) is 1. The van der Waals surface area contributed by atoms with Gasteiger partial charge in [-0.25, -0.2) is 8.42 Å². The fourth-order valence-corrected chi connectivity index (χ4v) is 3.26. The van der Waals surface area contributed by atoms with Crippen molar-refractivity contribution in [2.24, 2.45) is 0 Å². The van der Waals surface area contributed by atoms with Crippen molar-refractivity contribution in [1.29, 1.82) is 0 Å². The predicted octanol–water partition coefficient (Wildman–Crippen LogP) is 2.45. The van der Waals surface area contributed by atoms with Gasteiger partial charge in [-0.2, -0.15) is 5.10 Å². The molecule has 3 rings (SSSR count). The second-order valence-electron chi connectivity index (χ2n) is 6.00. The van der Waals surface area contributed by atoms with Crippen LogP contribution in [0.1, 0.15) is 31.4 Å². The van der Waals surface area contributed by atoms with Crippen LogP contribution >= 0.6 is 0 Å². The molecule has 0 saturated heterocycles. The van der Waals surface area contributed by atoms with Crippen molar-refractivity contribution in [3.05, 3.63) is 47.8 Å². The van der Waals surface area contributed by atoms with Gasteiger partial charge in [-0.15, -0.1) is 0 Å². The third-order valence-electron chi connectivity index (χ3n) is 4.27. The van der Waals surface area contributed by atoms with Crippen molar-refractivity contribution < 1.29 is 17.9 Å². The normalized spacial score (nSPS) is 21.2. The van der Waals surface area contributed by atoms with E-state index in [9.17, 15) is 13.2 Å². The minimum Gasteiger partial charge on any atom is -0.478 e. The summed E-state index contributed by atoms with van der Waals surface area (Å²) in [6.07, 6.45) is 4.89. The summed E-state index contributed by atoms with van der Waals surface area (Å²) < 4.78 is 29.2. The number of hydrogen-bond acceptors (Lipinski definition) is 5. The van der Waals surface area contributed by atoms with Crippen molar-refractivity contribution in [1.82, 2.24) is 10.2 Å². The molecule has 1 aliphatic heterocycles. The van der Waals surface area contributed by atoms with Crippen molar-refractivity contribution >= 4 is 27.0 Å². The predicted molar refractivity (Wildman–Crippen MR) is 89.7 cm³/mol. The van der Waals surface area contributed by atoms with Crippen molar-refractivity contribution in [2.75, 3.05) is 6.26 Å². The van der Waals surface area contributed by atoms with Gasteiger partial charge in [0.25, 0.3) is 0 Å². The summed E-state index contributed by atoms with van der Waals surface area (Å²) in [7, 11) is -3.28. The van der Waals surface area contributed by atoms with Crippen molar-refractivity contribution in [3.8, 4) is 0 Å². The molecule has 0 spiro atoms. The summed E-state index contributed by atoms with van der Waals surface area (Å²) in [5.74, 6) is 0.347. The second-order valence-corrected chi connectivity index (χ2v) is 8.02. The molecule has 0 amide bonds. The topological polar surface area (TPSA) is 89.1 Å². The quantitative estimate of drug-likeness (QED) is 0.918. The van der Waals surface area contributed by atoms with E-state index in [1.165, 1.54) is 12.1 Å². The number of aromatic amines is 1. The number of sulfone groups is 1. The molecule has 2 heterocycles. The van der Waals surface area contributed by atoms with Crippen LogP contribution in [0.15, 0.2) is 41.6 Å². The summed E-state index contributed by atoms with van der Waals surface area (Å²) in [6, 6.07) is 6.33. The molecule has 24 heavy (non-hydrogen) atoms. The lowest BCUT2D eigenvalue weighted by Crippen LogP contribution is -2.32. The zero-order chi connectivity index (χ0) is 17.5. The maximum atomic E-state index is 12.8. The Bertz CT molecular complexity index is 912. The Morgan fingerprint density at radius 1 is 1.21 bits per heavy atom. The molecule has 1 unspecified atom stereocenters. The minimum absolute atomic E-state index is 0.103. The molecular formula is C17H18N2O4S. The third kappa shape index (κ3) is 2.65. The van der Waals surface area contributed by atoms with Gasteiger partial charge in [0.15, 0.2) is 15.4 Å². The van der Waals surface area contributed by atoms with Crippen molar-refractivity contribution in [3.63, 3.8) is 0 Å². The average molecular weight is 346 g/mol. The number of aromatic nitrogens is 2. The number of carbonyl (C=O) groups is 1. The van der Waals surface area contributed by atoms with E-state index in [1.807, 2.05) is 6.92 Å². The smallest absolute Gasteiger partial charge is 0.210 e.